The highest BCUT2D eigenvalue weighted by atomic mass is 35.5. The van der Waals surface area contributed by atoms with Crippen molar-refractivity contribution >= 4 is 39.3 Å². The van der Waals surface area contributed by atoms with E-state index in [2.05, 4.69) is 16.0 Å². The number of piperazine rings is 1. The fraction of sp³-hybridized carbons (Fsp3) is 0.517. The van der Waals surface area contributed by atoms with Gasteiger partial charge in [0.15, 0.2) is 0 Å². The molecule has 14 heteroatoms. The molecule has 5 rings (SSSR count). The molecule has 234 valence electrons. The Hall–Kier alpha value is -2.87. The van der Waals surface area contributed by atoms with Crippen LogP contribution in [-0.4, -0.2) is 72.7 Å². The lowest BCUT2D eigenvalue weighted by Gasteiger charge is -2.43. The summed E-state index contributed by atoms with van der Waals surface area (Å²) in [7, 11) is -3.46. The van der Waals surface area contributed by atoms with Crippen molar-refractivity contribution in [2.45, 2.75) is 68.5 Å². The Morgan fingerprint density at radius 2 is 1.88 bits per heavy atom. The van der Waals surface area contributed by atoms with Crippen LogP contribution in [0.3, 0.4) is 0 Å². The Balaban J connectivity index is 1.38. The summed E-state index contributed by atoms with van der Waals surface area (Å²) in [5, 5.41) is 18.2. The van der Waals surface area contributed by atoms with Gasteiger partial charge in [0, 0.05) is 60.2 Å². The Morgan fingerprint density at radius 3 is 2.56 bits per heavy atom. The molecule has 9 nitrogen and oxygen atoms in total. The number of carbonyl (C=O) groups excluding carboxylic acids is 1. The molecule has 2 aliphatic heterocycles. The lowest BCUT2D eigenvalue weighted by molar-refractivity contribution is -0.130. The van der Waals surface area contributed by atoms with Crippen LogP contribution in [0, 0.1) is 11.7 Å². The highest BCUT2D eigenvalue weighted by Gasteiger charge is 2.52. The number of carbonyl (C=O) groups is 2. The highest BCUT2D eigenvalue weighted by molar-refractivity contribution is 7.89. The number of hydrogen-bond acceptors (Lipinski definition) is 5. The van der Waals surface area contributed by atoms with Crippen LogP contribution in [0.1, 0.15) is 49.1 Å². The third-order valence-electron chi connectivity index (χ3n) is 8.67. The minimum Gasteiger partial charge on any atom is -0.465 e. The number of amides is 2. The molecule has 5 atom stereocenters. The van der Waals surface area contributed by atoms with E-state index in [1.807, 2.05) is 0 Å². The summed E-state index contributed by atoms with van der Waals surface area (Å²) >= 11 is 6.01. The Morgan fingerprint density at radius 1 is 1.16 bits per heavy atom. The molecular weight excluding hydrogens is 609 g/mol. The van der Waals surface area contributed by atoms with E-state index >= 15 is 4.39 Å². The van der Waals surface area contributed by atoms with Crippen molar-refractivity contribution in [1.82, 2.24) is 14.9 Å². The fourth-order valence-electron chi connectivity index (χ4n) is 6.53. The molecule has 0 aromatic heterocycles. The number of rotatable bonds is 9. The summed E-state index contributed by atoms with van der Waals surface area (Å²) < 4.78 is 70.3. The fourth-order valence-corrected chi connectivity index (χ4v) is 8.46. The number of anilines is 1. The van der Waals surface area contributed by atoms with Crippen molar-refractivity contribution in [2.24, 2.45) is 5.92 Å². The molecule has 4 N–H and O–H groups in total. The predicted octanol–water partition coefficient (Wildman–Crippen LogP) is 4.58. The maximum atomic E-state index is 15.2. The van der Waals surface area contributed by atoms with Crippen LogP contribution in [0.2, 0.25) is 5.02 Å². The van der Waals surface area contributed by atoms with Gasteiger partial charge in [-0.15, -0.1) is 0 Å². The molecule has 2 bridgehead atoms. The van der Waals surface area contributed by atoms with E-state index in [0.717, 1.165) is 6.42 Å². The number of halogens is 4. The predicted molar refractivity (Wildman–Crippen MR) is 155 cm³/mol. The Labute approximate surface area is 253 Å². The van der Waals surface area contributed by atoms with Gasteiger partial charge in [0.1, 0.15) is 11.9 Å². The first-order valence-electron chi connectivity index (χ1n) is 14.3. The third-order valence-corrected chi connectivity index (χ3v) is 10.9. The topological polar surface area (TPSA) is 128 Å². The SMILES string of the molecule is O=C(O)N[C@H](C(=O)Nc1cccc(F)c1CCC1CNC2CCCS(=O)(=O)N1C2)[C@@H](c1ccc(Cl)cc1)C1CC(F)(F)C1. The van der Waals surface area contributed by atoms with E-state index in [1.54, 1.807) is 12.1 Å². The molecule has 1 saturated carbocycles. The molecule has 3 aliphatic rings. The average Bonchev–Trinajstić information content (AvgIpc) is 3.03. The molecule has 2 aromatic carbocycles. The smallest absolute Gasteiger partial charge is 0.405 e. The maximum Gasteiger partial charge on any atom is 0.405 e. The minimum absolute atomic E-state index is 0.0579. The minimum atomic E-state index is -3.46. The van der Waals surface area contributed by atoms with Crippen molar-refractivity contribution in [1.29, 1.82) is 0 Å². The first-order valence-corrected chi connectivity index (χ1v) is 16.3. The summed E-state index contributed by atoms with van der Waals surface area (Å²) in [4.78, 5) is 25.5. The standard InChI is InChI=1S/C29H34ClF3N4O5S/c30-19-8-6-17(7-9-19)25(18-13-29(32,33)14-18)26(36-28(39)40)27(38)35-24-5-1-4-23(31)22(24)11-10-21-15-34-20-3-2-12-43(41,42)37(21)16-20/h1,4-9,18,20-21,25-26,34,36H,2-3,10-16H2,(H,35,38)(H,39,40)/t20?,21?,25-,26-/m0/s1. The van der Waals surface area contributed by atoms with E-state index in [4.69, 9.17) is 11.6 Å². The summed E-state index contributed by atoms with van der Waals surface area (Å²) in [5.41, 5.74) is 0.689. The maximum absolute atomic E-state index is 15.2. The normalized spacial score (nSPS) is 25.9. The second-order valence-electron chi connectivity index (χ2n) is 11.6. The van der Waals surface area contributed by atoms with Gasteiger partial charge in [0.05, 0.1) is 5.75 Å². The Bertz CT molecular complexity index is 1450. The molecule has 2 saturated heterocycles. The van der Waals surface area contributed by atoms with Gasteiger partial charge in [-0.1, -0.05) is 29.8 Å². The van der Waals surface area contributed by atoms with Gasteiger partial charge in [0.2, 0.25) is 21.9 Å². The van der Waals surface area contributed by atoms with Crippen molar-refractivity contribution in [3.05, 3.63) is 64.4 Å². The van der Waals surface area contributed by atoms with Gasteiger partial charge in [-0.25, -0.2) is 26.4 Å². The molecule has 0 spiro atoms. The number of benzene rings is 2. The summed E-state index contributed by atoms with van der Waals surface area (Å²) in [6.07, 6.45) is -0.868. The lowest BCUT2D eigenvalue weighted by atomic mass is 9.67. The number of fused-ring (bicyclic) bond motifs is 2. The quantitative estimate of drug-likeness (QED) is 0.317. The number of nitrogens with zero attached hydrogens (tertiary/aromatic N) is 1. The number of alkyl halides is 2. The van der Waals surface area contributed by atoms with Gasteiger partial charge >= 0.3 is 6.09 Å². The molecule has 2 heterocycles. The van der Waals surface area contributed by atoms with Crippen LogP contribution in [0.5, 0.6) is 0 Å². The second-order valence-corrected chi connectivity index (χ2v) is 14.1. The molecule has 0 radical (unpaired) electrons. The molecule has 2 aromatic rings. The summed E-state index contributed by atoms with van der Waals surface area (Å²) in [6, 6.07) is 8.49. The highest BCUT2D eigenvalue weighted by Crippen LogP contribution is 2.50. The van der Waals surface area contributed by atoms with Crippen molar-refractivity contribution < 1.29 is 36.3 Å². The molecule has 2 amide bonds. The van der Waals surface area contributed by atoms with E-state index in [9.17, 15) is 31.9 Å². The molecule has 3 fully saturated rings. The van der Waals surface area contributed by atoms with Crippen LogP contribution in [-0.2, 0) is 21.2 Å². The van der Waals surface area contributed by atoms with Gasteiger partial charge in [-0.05, 0) is 61.4 Å². The van der Waals surface area contributed by atoms with Crippen molar-refractivity contribution in [3.8, 4) is 0 Å². The van der Waals surface area contributed by atoms with Gasteiger partial charge in [-0.3, -0.25) is 4.79 Å². The van der Waals surface area contributed by atoms with Gasteiger partial charge < -0.3 is 21.1 Å². The molecule has 1 aliphatic carbocycles. The van der Waals surface area contributed by atoms with E-state index in [1.165, 1.54) is 34.6 Å². The number of hydrogen-bond donors (Lipinski definition) is 4. The summed E-state index contributed by atoms with van der Waals surface area (Å²) in [6.45, 7) is 0.766. The summed E-state index contributed by atoms with van der Waals surface area (Å²) in [5.74, 6) is -5.97. The molecular formula is C29H34ClF3N4O5S. The first kappa shape index (κ1) is 31.6. The first-order chi connectivity index (χ1) is 20.3. The monoisotopic (exact) mass is 642 g/mol. The molecule has 3 unspecified atom stereocenters. The Kier molecular flexibility index (Phi) is 9.26. The van der Waals surface area contributed by atoms with Crippen LogP contribution in [0.15, 0.2) is 42.5 Å². The van der Waals surface area contributed by atoms with Crippen LogP contribution in [0.25, 0.3) is 0 Å². The molecule has 43 heavy (non-hydrogen) atoms. The van der Waals surface area contributed by atoms with Crippen molar-refractivity contribution in [3.63, 3.8) is 0 Å². The van der Waals surface area contributed by atoms with Crippen LogP contribution >= 0.6 is 11.6 Å². The van der Waals surface area contributed by atoms with E-state index in [-0.39, 0.29) is 35.9 Å². The van der Waals surface area contributed by atoms with Gasteiger partial charge in [-0.2, -0.15) is 4.31 Å². The van der Waals surface area contributed by atoms with E-state index in [0.29, 0.717) is 30.1 Å². The van der Waals surface area contributed by atoms with Crippen molar-refractivity contribution in [2.75, 3.05) is 24.2 Å². The zero-order valence-corrected chi connectivity index (χ0v) is 24.8. The average molecular weight is 643 g/mol. The zero-order valence-electron chi connectivity index (χ0n) is 23.2. The third kappa shape index (κ3) is 7.27. The number of nitrogens with one attached hydrogen (secondary N) is 3. The number of sulfonamides is 1. The van der Waals surface area contributed by atoms with Crippen LogP contribution < -0.4 is 16.0 Å². The van der Waals surface area contributed by atoms with Crippen LogP contribution in [0.4, 0.5) is 23.7 Å². The lowest BCUT2D eigenvalue weighted by Crippen LogP contribution is -2.57. The van der Waals surface area contributed by atoms with Gasteiger partial charge in [0.25, 0.3) is 0 Å². The zero-order chi connectivity index (χ0) is 30.9. The number of carboxylic acid groups (broad SMARTS) is 1. The largest absolute Gasteiger partial charge is 0.465 e. The second kappa shape index (κ2) is 12.6. The van der Waals surface area contributed by atoms with E-state index < -0.39 is 70.5 Å².